The molecule has 184 valence electrons. The number of aromatic amines is 1. The van der Waals surface area contributed by atoms with Gasteiger partial charge >= 0.3 is 6.18 Å². The van der Waals surface area contributed by atoms with Crippen LogP contribution >= 0.6 is 7.14 Å². The van der Waals surface area contributed by atoms with Gasteiger partial charge in [-0.05, 0) is 38.3 Å². The van der Waals surface area contributed by atoms with E-state index in [-0.39, 0.29) is 23.1 Å². The summed E-state index contributed by atoms with van der Waals surface area (Å²) >= 11 is 0. The Bertz CT molecular complexity index is 1360. The number of hydrogen-bond donors (Lipinski definition) is 3. The summed E-state index contributed by atoms with van der Waals surface area (Å²) in [6.07, 6.45) is 0.265. The lowest BCUT2D eigenvalue weighted by molar-refractivity contribution is -0.140. The van der Waals surface area contributed by atoms with Crippen LogP contribution in [0.2, 0.25) is 0 Å². The Hall–Kier alpha value is -2.96. The molecule has 2 aliphatic rings. The zero-order valence-electron chi connectivity index (χ0n) is 18.7. The van der Waals surface area contributed by atoms with Crippen LogP contribution in [0.3, 0.4) is 0 Å². The SMILES string of the molecule is N#Cc1ccc2c(-c3nc(N[C@H]4CCCNC4)nc(F)c3C(F)(F)F)c[nH]c2c1P1(=O)CCCC1. The van der Waals surface area contributed by atoms with Gasteiger partial charge in [0, 0.05) is 42.1 Å². The minimum absolute atomic E-state index is 0.00924. The number of H-pyrrole nitrogens is 1. The molecule has 5 rings (SSSR count). The Labute approximate surface area is 198 Å². The van der Waals surface area contributed by atoms with Gasteiger partial charge < -0.3 is 20.2 Å². The molecule has 7 nitrogen and oxygen atoms in total. The molecule has 35 heavy (non-hydrogen) atoms. The van der Waals surface area contributed by atoms with Crippen molar-refractivity contribution in [1.82, 2.24) is 20.3 Å². The van der Waals surface area contributed by atoms with Gasteiger partial charge in [-0.15, -0.1) is 0 Å². The van der Waals surface area contributed by atoms with Crippen LogP contribution in [0.4, 0.5) is 23.5 Å². The normalized spacial score (nSPS) is 20.1. The van der Waals surface area contributed by atoms with Gasteiger partial charge in [0.05, 0.1) is 28.1 Å². The second-order valence-electron chi connectivity index (χ2n) is 8.99. The minimum atomic E-state index is -5.04. The lowest BCUT2D eigenvalue weighted by Crippen LogP contribution is -2.39. The molecule has 0 spiro atoms. The molecule has 2 fully saturated rings. The first kappa shape index (κ1) is 23.8. The van der Waals surface area contributed by atoms with Crippen LogP contribution in [0.15, 0.2) is 18.3 Å². The number of piperidine rings is 1. The van der Waals surface area contributed by atoms with Gasteiger partial charge in [0.15, 0.2) is 0 Å². The lowest BCUT2D eigenvalue weighted by atomic mass is 10.0. The van der Waals surface area contributed by atoms with E-state index >= 15 is 0 Å². The largest absolute Gasteiger partial charge is 0.422 e. The van der Waals surface area contributed by atoms with Gasteiger partial charge in [0.2, 0.25) is 11.9 Å². The van der Waals surface area contributed by atoms with E-state index < -0.39 is 30.5 Å². The zero-order chi connectivity index (χ0) is 24.8. The van der Waals surface area contributed by atoms with E-state index in [2.05, 4.69) is 31.7 Å². The van der Waals surface area contributed by atoms with Crippen LogP contribution in [0.1, 0.15) is 36.8 Å². The fourth-order valence-electron chi connectivity index (χ4n) is 5.06. The quantitative estimate of drug-likeness (QED) is 0.271. The third-order valence-electron chi connectivity index (χ3n) is 6.68. The first-order valence-corrected chi connectivity index (χ1v) is 13.5. The van der Waals surface area contributed by atoms with Crippen LogP contribution in [0.5, 0.6) is 0 Å². The molecule has 2 saturated heterocycles. The molecule has 4 heterocycles. The molecule has 0 bridgehead atoms. The molecule has 0 unspecified atom stereocenters. The fourth-order valence-corrected chi connectivity index (χ4v) is 8.36. The summed E-state index contributed by atoms with van der Waals surface area (Å²) in [5.41, 5.74) is -1.60. The Morgan fingerprint density at radius 2 is 1.94 bits per heavy atom. The standard InChI is InChI=1S/C23H23F4N6OP/c24-21-17(23(25,26)27)18(32-22(33-21)31-14-4-3-7-29-11-14)16-12-30-19-15(16)6-5-13(10-28)20(19)35(34)8-1-2-9-35/h5-6,12,14,29-30H,1-4,7-9,11H2,(H,31,32,33)/t14-/m0/s1. The van der Waals surface area contributed by atoms with Gasteiger partial charge in [-0.1, -0.05) is 6.07 Å². The first-order chi connectivity index (χ1) is 16.7. The van der Waals surface area contributed by atoms with Crippen molar-refractivity contribution in [3.05, 3.63) is 35.4 Å². The van der Waals surface area contributed by atoms with Crippen molar-refractivity contribution in [2.75, 3.05) is 30.7 Å². The highest BCUT2D eigenvalue weighted by Gasteiger charge is 2.41. The molecular formula is C23H23F4N6OP. The highest BCUT2D eigenvalue weighted by Crippen LogP contribution is 2.53. The Morgan fingerprint density at radius 3 is 2.60 bits per heavy atom. The topological polar surface area (TPSA) is 106 Å². The average Bonchev–Trinajstić information content (AvgIpc) is 3.44. The summed E-state index contributed by atoms with van der Waals surface area (Å²) in [5, 5.41) is 16.4. The van der Waals surface area contributed by atoms with Crippen molar-refractivity contribution >= 4 is 29.3 Å². The number of anilines is 1. The van der Waals surface area contributed by atoms with E-state index in [1.165, 1.54) is 18.3 Å². The third-order valence-corrected chi connectivity index (χ3v) is 10.0. The van der Waals surface area contributed by atoms with Crippen molar-refractivity contribution < 1.29 is 22.1 Å². The average molecular weight is 506 g/mol. The van der Waals surface area contributed by atoms with Crippen LogP contribution in [-0.2, 0) is 10.7 Å². The molecule has 0 amide bonds. The summed E-state index contributed by atoms with van der Waals surface area (Å²) < 4.78 is 70.3. The van der Waals surface area contributed by atoms with Gasteiger partial charge in [-0.25, -0.2) is 4.98 Å². The van der Waals surface area contributed by atoms with Gasteiger partial charge in [0.1, 0.15) is 12.7 Å². The van der Waals surface area contributed by atoms with Crippen molar-refractivity contribution in [3.63, 3.8) is 0 Å². The molecular weight excluding hydrogens is 483 g/mol. The fraction of sp³-hybridized carbons (Fsp3) is 0.435. The smallest absolute Gasteiger partial charge is 0.360 e. The number of rotatable bonds is 4. The van der Waals surface area contributed by atoms with Crippen LogP contribution in [-0.4, -0.2) is 46.4 Å². The van der Waals surface area contributed by atoms with Crippen molar-refractivity contribution in [3.8, 4) is 17.3 Å². The number of alkyl halides is 3. The molecule has 2 aliphatic heterocycles. The number of nitrogens with zero attached hydrogens (tertiary/aromatic N) is 3. The van der Waals surface area contributed by atoms with Crippen molar-refractivity contribution in [2.45, 2.75) is 37.9 Å². The predicted octanol–water partition coefficient (Wildman–Crippen LogP) is 4.60. The molecule has 0 aliphatic carbocycles. The molecule has 0 radical (unpaired) electrons. The number of benzene rings is 1. The van der Waals surface area contributed by atoms with Crippen molar-refractivity contribution in [1.29, 1.82) is 5.26 Å². The highest BCUT2D eigenvalue weighted by molar-refractivity contribution is 7.72. The number of fused-ring (bicyclic) bond motifs is 1. The molecule has 1 aromatic carbocycles. The zero-order valence-corrected chi connectivity index (χ0v) is 19.6. The maximum Gasteiger partial charge on any atom is 0.422 e. The molecule has 3 N–H and O–H groups in total. The second-order valence-corrected chi connectivity index (χ2v) is 12.1. The van der Waals surface area contributed by atoms with Crippen molar-refractivity contribution in [2.24, 2.45) is 0 Å². The summed E-state index contributed by atoms with van der Waals surface area (Å²) in [6, 6.07) is 4.87. The molecule has 12 heteroatoms. The van der Waals surface area contributed by atoms with E-state index in [1.54, 1.807) is 0 Å². The van der Waals surface area contributed by atoms with E-state index in [9.17, 15) is 27.4 Å². The van der Waals surface area contributed by atoms with Crippen LogP contribution < -0.4 is 15.9 Å². The van der Waals surface area contributed by atoms with Crippen LogP contribution in [0.25, 0.3) is 22.2 Å². The number of hydrogen-bond acceptors (Lipinski definition) is 6. The molecule has 0 saturated carbocycles. The van der Waals surface area contributed by atoms with Crippen LogP contribution in [0, 0.1) is 17.3 Å². The number of nitrogens with one attached hydrogen (secondary N) is 3. The predicted molar refractivity (Wildman–Crippen MR) is 125 cm³/mol. The number of halogens is 4. The molecule has 3 aromatic rings. The Balaban J connectivity index is 1.70. The summed E-state index contributed by atoms with van der Waals surface area (Å²) in [6.45, 7) is 1.39. The Morgan fingerprint density at radius 1 is 1.17 bits per heavy atom. The van der Waals surface area contributed by atoms with Gasteiger partial charge in [0.25, 0.3) is 0 Å². The van der Waals surface area contributed by atoms with E-state index in [4.69, 9.17) is 0 Å². The monoisotopic (exact) mass is 506 g/mol. The highest BCUT2D eigenvalue weighted by atomic mass is 31.2. The molecule has 1 atom stereocenters. The maximum absolute atomic E-state index is 14.8. The summed E-state index contributed by atoms with van der Waals surface area (Å²) in [7, 11) is -2.89. The first-order valence-electron chi connectivity index (χ1n) is 11.5. The molecule has 2 aromatic heterocycles. The number of nitriles is 1. The van der Waals surface area contributed by atoms with E-state index in [1.807, 2.05) is 0 Å². The van der Waals surface area contributed by atoms with Gasteiger partial charge in [-0.3, -0.25) is 0 Å². The third kappa shape index (κ3) is 4.30. The van der Waals surface area contributed by atoms with E-state index in [0.717, 1.165) is 32.2 Å². The maximum atomic E-state index is 14.8. The Kier molecular flexibility index (Phi) is 6.06. The second kappa shape index (κ2) is 8.92. The lowest BCUT2D eigenvalue weighted by Gasteiger charge is -2.24. The summed E-state index contributed by atoms with van der Waals surface area (Å²) in [4.78, 5) is 10.5. The minimum Gasteiger partial charge on any atom is -0.360 e. The van der Waals surface area contributed by atoms with Gasteiger partial charge in [-0.2, -0.15) is 27.8 Å². The number of aromatic nitrogens is 3. The summed E-state index contributed by atoms with van der Waals surface area (Å²) in [5.74, 6) is -1.90. The van der Waals surface area contributed by atoms with E-state index in [0.29, 0.717) is 35.1 Å².